The summed E-state index contributed by atoms with van der Waals surface area (Å²) in [5, 5.41) is 0. The van der Waals surface area contributed by atoms with E-state index < -0.39 is 0 Å². The van der Waals surface area contributed by atoms with E-state index in [1.54, 1.807) is 12.1 Å². The van der Waals surface area contributed by atoms with Gasteiger partial charge in [0.05, 0.1) is 12.2 Å². The van der Waals surface area contributed by atoms with Crippen molar-refractivity contribution in [1.82, 2.24) is 0 Å². The second kappa shape index (κ2) is 2.66. The van der Waals surface area contributed by atoms with Crippen LogP contribution in [0.5, 0.6) is 0 Å². The zero-order valence-corrected chi connectivity index (χ0v) is 6.54. The molecule has 0 spiro atoms. The van der Waals surface area contributed by atoms with Crippen molar-refractivity contribution in [2.75, 3.05) is 6.61 Å². The Hall–Kier alpha value is -1.25. The highest BCUT2D eigenvalue weighted by atomic mass is 16.5. The fraction of sp³-hybridized carbons (Fsp3) is 0.222. The maximum atomic E-state index is 11.2. The predicted molar refractivity (Wildman–Crippen MR) is 45.8 cm³/mol. The molecule has 2 nitrogen and oxygen atoms in total. The summed E-state index contributed by atoms with van der Waals surface area (Å²) in [5.41, 5.74) is 2.24. The molecule has 0 amide bonds. The molecule has 0 unspecified atom stereocenters. The van der Waals surface area contributed by atoms with Crippen molar-refractivity contribution in [1.29, 1.82) is 0 Å². The first kappa shape index (κ1) is 7.41. The number of carbonyl (C=O) groups is 1. The normalized spacial score (nSPS) is 15.2. The number of esters is 1. The van der Waals surface area contributed by atoms with Gasteiger partial charge in [0.2, 0.25) is 0 Å². The van der Waals surface area contributed by atoms with Gasteiger partial charge in [0, 0.05) is 6.42 Å². The molecule has 2 rings (SSSR count). The molecular formula is C9H7BO2. The van der Waals surface area contributed by atoms with Gasteiger partial charge in [-0.05, 0) is 5.56 Å². The lowest BCUT2D eigenvalue weighted by Gasteiger charge is -2.15. The van der Waals surface area contributed by atoms with Gasteiger partial charge in [-0.2, -0.15) is 0 Å². The number of benzene rings is 1. The molecule has 58 valence electrons. The van der Waals surface area contributed by atoms with Gasteiger partial charge in [-0.25, -0.2) is 4.79 Å². The third-order valence-corrected chi connectivity index (χ3v) is 1.96. The smallest absolute Gasteiger partial charge is 0.338 e. The van der Waals surface area contributed by atoms with Gasteiger partial charge < -0.3 is 4.74 Å². The van der Waals surface area contributed by atoms with Crippen molar-refractivity contribution in [3.05, 3.63) is 29.3 Å². The Balaban J connectivity index is 2.54. The zero-order valence-electron chi connectivity index (χ0n) is 6.54. The quantitative estimate of drug-likeness (QED) is 0.398. The molecule has 0 atom stereocenters. The summed E-state index contributed by atoms with van der Waals surface area (Å²) in [7, 11) is 5.54. The molecule has 0 N–H and O–H groups in total. The van der Waals surface area contributed by atoms with Crippen molar-refractivity contribution in [3.8, 4) is 0 Å². The predicted octanol–water partition coefficient (Wildman–Crippen LogP) is 0.193. The Morgan fingerprint density at radius 1 is 1.42 bits per heavy atom. The van der Waals surface area contributed by atoms with Crippen LogP contribution in [0.4, 0.5) is 0 Å². The van der Waals surface area contributed by atoms with Crippen LogP contribution in [0.3, 0.4) is 0 Å². The minimum absolute atomic E-state index is 0.261. The Kier molecular flexibility index (Phi) is 1.64. The van der Waals surface area contributed by atoms with E-state index in [0.29, 0.717) is 17.6 Å². The molecule has 0 aromatic heterocycles. The summed E-state index contributed by atoms with van der Waals surface area (Å²) in [6, 6.07) is 5.35. The first-order valence-electron chi connectivity index (χ1n) is 3.83. The maximum Gasteiger partial charge on any atom is 0.338 e. The molecule has 1 heterocycles. The second-order valence-electron chi connectivity index (χ2n) is 2.80. The van der Waals surface area contributed by atoms with Crippen LogP contribution in [-0.4, -0.2) is 20.4 Å². The van der Waals surface area contributed by atoms with Crippen molar-refractivity contribution in [3.63, 3.8) is 0 Å². The van der Waals surface area contributed by atoms with E-state index in [1.165, 1.54) is 0 Å². The van der Waals surface area contributed by atoms with Gasteiger partial charge in [0.15, 0.2) is 0 Å². The molecule has 1 aromatic rings. The van der Waals surface area contributed by atoms with Crippen LogP contribution in [0, 0.1) is 0 Å². The molecular weight excluding hydrogens is 151 g/mol. The summed E-state index contributed by atoms with van der Waals surface area (Å²) in [6.07, 6.45) is 0.793. The third-order valence-electron chi connectivity index (χ3n) is 1.96. The van der Waals surface area contributed by atoms with Gasteiger partial charge in [0.1, 0.15) is 7.85 Å². The molecule has 12 heavy (non-hydrogen) atoms. The number of fused-ring (bicyclic) bond motifs is 1. The van der Waals surface area contributed by atoms with E-state index in [2.05, 4.69) is 0 Å². The van der Waals surface area contributed by atoms with E-state index >= 15 is 0 Å². The zero-order chi connectivity index (χ0) is 8.55. The lowest BCUT2D eigenvalue weighted by Crippen LogP contribution is -2.20. The highest BCUT2D eigenvalue weighted by molar-refractivity contribution is 6.32. The number of cyclic esters (lactones) is 1. The molecule has 1 aromatic carbocycles. The van der Waals surface area contributed by atoms with E-state index in [4.69, 9.17) is 12.6 Å². The Morgan fingerprint density at radius 3 is 3.08 bits per heavy atom. The number of hydrogen-bond donors (Lipinski definition) is 0. The standard InChI is InChI=1S/C9H7BO2/c10-7-2-1-6-3-4-12-9(11)8(6)5-7/h1-2,5H,3-4H2. The van der Waals surface area contributed by atoms with Gasteiger partial charge in [0.25, 0.3) is 0 Å². The van der Waals surface area contributed by atoms with Crippen LogP contribution in [0.1, 0.15) is 15.9 Å². The Bertz CT molecular complexity index is 333. The van der Waals surface area contributed by atoms with Gasteiger partial charge in [-0.3, -0.25) is 0 Å². The van der Waals surface area contributed by atoms with Crippen LogP contribution in [-0.2, 0) is 11.2 Å². The minimum Gasteiger partial charge on any atom is -0.462 e. The lowest BCUT2D eigenvalue weighted by molar-refractivity contribution is 0.0480. The van der Waals surface area contributed by atoms with E-state index in [1.807, 2.05) is 6.07 Å². The van der Waals surface area contributed by atoms with Crippen LogP contribution >= 0.6 is 0 Å². The molecule has 1 aliphatic heterocycles. The summed E-state index contributed by atoms with van der Waals surface area (Å²) >= 11 is 0. The van der Waals surface area contributed by atoms with Crippen molar-refractivity contribution >= 4 is 19.3 Å². The number of hydrogen-bond acceptors (Lipinski definition) is 2. The fourth-order valence-corrected chi connectivity index (χ4v) is 1.33. The molecule has 0 fully saturated rings. The molecule has 0 aliphatic carbocycles. The molecule has 1 aliphatic rings. The largest absolute Gasteiger partial charge is 0.462 e. The first-order chi connectivity index (χ1) is 5.77. The average Bonchev–Trinajstić information content (AvgIpc) is 2.07. The molecule has 0 saturated heterocycles. The number of rotatable bonds is 0. The van der Waals surface area contributed by atoms with E-state index in [9.17, 15) is 4.79 Å². The molecule has 2 radical (unpaired) electrons. The Morgan fingerprint density at radius 2 is 2.25 bits per heavy atom. The van der Waals surface area contributed by atoms with Crippen molar-refractivity contribution in [2.45, 2.75) is 6.42 Å². The molecule has 0 bridgehead atoms. The topological polar surface area (TPSA) is 26.3 Å². The van der Waals surface area contributed by atoms with E-state index in [0.717, 1.165) is 12.0 Å². The van der Waals surface area contributed by atoms with Crippen molar-refractivity contribution < 1.29 is 9.53 Å². The van der Waals surface area contributed by atoms with Crippen LogP contribution in [0.15, 0.2) is 18.2 Å². The van der Waals surface area contributed by atoms with Crippen LogP contribution in [0.25, 0.3) is 0 Å². The fourth-order valence-electron chi connectivity index (χ4n) is 1.33. The summed E-state index contributed by atoms with van der Waals surface area (Å²) < 4.78 is 4.86. The molecule has 0 saturated carbocycles. The summed E-state index contributed by atoms with van der Waals surface area (Å²) in [4.78, 5) is 11.2. The number of ether oxygens (including phenoxy) is 1. The van der Waals surface area contributed by atoms with Crippen LogP contribution < -0.4 is 5.46 Å². The summed E-state index contributed by atoms with van der Waals surface area (Å²) in [6.45, 7) is 0.482. The third kappa shape index (κ3) is 1.11. The highest BCUT2D eigenvalue weighted by Gasteiger charge is 2.17. The van der Waals surface area contributed by atoms with Gasteiger partial charge >= 0.3 is 5.97 Å². The molecule has 3 heteroatoms. The monoisotopic (exact) mass is 158 g/mol. The second-order valence-corrected chi connectivity index (χ2v) is 2.80. The van der Waals surface area contributed by atoms with Crippen LogP contribution in [0.2, 0.25) is 0 Å². The SMILES string of the molecule is [B]c1ccc2c(c1)C(=O)OCC2. The van der Waals surface area contributed by atoms with Gasteiger partial charge in [-0.15, -0.1) is 0 Å². The highest BCUT2D eigenvalue weighted by Crippen LogP contribution is 2.14. The Labute approximate surface area is 71.9 Å². The first-order valence-corrected chi connectivity index (χ1v) is 3.83. The van der Waals surface area contributed by atoms with Gasteiger partial charge in [-0.1, -0.05) is 23.7 Å². The van der Waals surface area contributed by atoms with Crippen molar-refractivity contribution in [2.24, 2.45) is 0 Å². The van der Waals surface area contributed by atoms with E-state index in [-0.39, 0.29) is 5.97 Å². The lowest BCUT2D eigenvalue weighted by atomic mass is 9.90. The maximum absolute atomic E-state index is 11.2. The average molecular weight is 158 g/mol. The summed E-state index contributed by atoms with van der Waals surface area (Å²) in [5.74, 6) is -0.261. The minimum atomic E-state index is -0.261. The number of carbonyl (C=O) groups excluding carboxylic acids is 1.